The normalized spacial score (nSPS) is 12.8. The van der Waals surface area contributed by atoms with Crippen molar-refractivity contribution in [3.8, 4) is 5.75 Å². The fraction of sp³-hybridized carbons (Fsp3) is 0.333. The largest absolute Gasteiger partial charge is 0.494 e. The van der Waals surface area contributed by atoms with Crippen LogP contribution in [0.25, 0.3) is 10.9 Å². The lowest BCUT2D eigenvalue weighted by Crippen LogP contribution is -2.37. The van der Waals surface area contributed by atoms with Crippen LogP contribution in [0.1, 0.15) is 62.0 Å². The molecule has 1 unspecified atom stereocenters. The second-order valence-corrected chi connectivity index (χ2v) is 10.7. The highest BCUT2D eigenvalue weighted by Gasteiger charge is 2.34. The van der Waals surface area contributed by atoms with Crippen LogP contribution in [-0.4, -0.2) is 36.7 Å². The zero-order chi connectivity index (χ0) is 27.6. The minimum absolute atomic E-state index is 0.179. The van der Waals surface area contributed by atoms with E-state index in [2.05, 4.69) is 25.4 Å². The molecule has 39 heavy (non-hydrogen) atoms. The summed E-state index contributed by atoms with van der Waals surface area (Å²) in [5, 5.41) is 13.8. The fourth-order valence-corrected chi connectivity index (χ4v) is 4.88. The molecule has 1 N–H and O–H groups in total. The number of tetrazole rings is 1. The van der Waals surface area contributed by atoms with Crippen molar-refractivity contribution in [1.82, 2.24) is 30.1 Å². The number of nitrogens with one attached hydrogen (secondary N) is 1. The number of hydrogen-bond acceptors (Lipinski definition) is 7. The van der Waals surface area contributed by atoms with Crippen molar-refractivity contribution < 1.29 is 9.15 Å². The van der Waals surface area contributed by atoms with E-state index < -0.39 is 11.6 Å². The molecule has 3 aromatic heterocycles. The molecule has 0 amide bonds. The van der Waals surface area contributed by atoms with Crippen LogP contribution >= 0.6 is 0 Å². The first-order chi connectivity index (χ1) is 18.7. The van der Waals surface area contributed by atoms with Gasteiger partial charge in [-0.3, -0.25) is 9.69 Å². The van der Waals surface area contributed by atoms with Crippen molar-refractivity contribution >= 4 is 10.9 Å². The van der Waals surface area contributed by atoms with E-state index in [4.69, 9.17) is 9.15 Å². The number of H-pyrrole nitrogens is 1. The number of fused-ring (bicyclic) bond motifs is 1. The molecule has 0 bridgehead atoms. The number of ether oxygens (including phenoxy) is 1. The monoisotopic (exact) mass is 526 g/mol. The third kappa shape index (κ3) is 5.63. The molecule has 0 spiro atoms. The van der Waals surface area contributed by atoms with Crippen molar-refractivity contribution in [2.45, 2.75) is 59.3 Å². The number of aromatic amines is 1. The quantitative estimate of drug-likeness (QED) is 0.276. The number of pyridine rings is 1. The van der Waals surface area contributed by atoms with E-state index >= 15 is 0 Å². The van der Waals surface area contributed by atoms with E-state index in [0.717, 1.165) is 33.5 Å². The zero-order valence-electron chi connectivity index (χ0n) is 23.0. The summed E-state index contributed by atoms with van der Waals surface area (Å²) in [4.78, 5) is 19.1. The van der Waals surface area contributed by atoms with E-state index in [1.165, 1.54) is 0 Å². The number of aryl methyl sites for hydroxylation is 1. The number of hydrogen-bond donors (Lipinski definition) is 1. The standard InChI is InChI=1S/C30H34N6O3/c1-6-38-23-14-12-21(13-15-23)18-35(19-24-11-8-16-39-24)27(28-32-33-34-36(28)30(3,4)5)25-17-22-10-7-9-20(2)26(22)31-29(25)37/h7-17,27H,6,18-19H2,1-5H3,(H,31,37). The Kier molecular flexibility index (Phi) is 7.34. The molecule has 9 nitrogen and oxygen atoms in total. The first kappa shape index (κ1) is 26.4. The molecule has 0 saturated carbocycles. The van der Waals surface area contributed by atoms with Crippen molar-refractivity contribution in [3.05, 3.63) is 106 Å². The SMILES string of the molecule is CCOc1ccc(CN(Cc2ccco2)C(c2cc3cccc(C)c3[nH]c2=O)c2nnnn2C(C)(C)C)cc1. The van der Waals surface area contributed by atoms with Gasteiger partial charge in [0.1, 0.15) is 17.6 Å². The first-order valence-electron chi connectivity index (χ1n) is 13.1. The average molecular weight is 527 g/mol. The predicted molar refractivity (Wildman–Crippen MR) is 150 cm³/mol. The lowest BCUT2D eigenvalue weighted by atomic mass is 10.00. The molecule has 0 saturated heterocycles. The molecule has 0 aliphatic rings. The molecule has 2 aromatic carbocycles. The van der Waals surface area contributed by atoms with Crippen molar-refractivity contribution in [2.24, 2.45) is 0 Å². The Bertz CT molecular complexity index is 1600. The summed E-state index contributed by atoms with van der Waals surface area (Å²) < 4.78 is 13.2. The van der Waals surface area contributed by atoms with Crippen LogP contribution in [0.3, 0.4) is 0 Å². The second-order valence-electron chi connectivity index (χ2n) is 10.7. The highest BCUT2D eigenvalue weighted by atomic mass is 16.5. The van der Waals surface area contributed by atoms with Gasteiger partial charge in [0.05, 0.1) is 30.5 Å². The van der Waals surface area contributed by atoms with Crippen LogP contribution in [0, 0.1) is 6.92 Å². The third-order valence-electron chi connectivity index (χ3n) is 6.71. The molecule has 0 fully saturated rings. The van der Waals surface area contributed by atoms with Crippen LogP contribution < -0.4 is 10.3 Å². The maximum Gasteiger partial charge on any atom is 0.253 e. The van der Waals surface area contributed by atoms with Gasteiger partial charge in [-0.2, -0.15) is 0 Å². The number of nitrogens with zero attached hydrogens (tertiary/aromatic N) is 5. The highest BCUT2D eigenvalue weighted by molar-refractivity contribution is 5.82. The van der Waals surface area contributed by atoms with Crippen LogP contribution in [0.5, 0.6) is 5.75 Å². The minimum atomic E-state index is -0.565. The fourth-order valence-electron chi connectivity index (χ4n) is 4.88. The molecular formula is C30H34N6O3. The summed E-state index contributed by atoms with van der Waals surface area (Å²) >= 11 is 0. The summed E-state index contributed by atoms with van der Waals surface area (Å²) in [6.45, 7) is 11.6. The molecular weight excluding hydrogens is 492 g/mol. The van der Waals surface area contributed by atoms with Gasteiger partial charge in [0.15, 0.2) is 5.82 Å². The molecule has 202 valence electrons. The zero-order valence-corrected chi connectivity index (χ0v) is 23.0. The molecule has 0 radical (unpaired) electrons. The Morgan fingerprint density at radius 1 is 1.08 bits per heavy atom. The van der Waals surface area contributed by atoms with Crippen LogP contribution in [-0.2, 0) is 18.6 Å². The van der Waals surface area contributed by atoms with E-state index in [1.54, 1.807) is 10.9 Å². The molecule has 0 aliphatic heterocycles. The number of aromatic nitrogens is 5. The van der Waals surface area contributed by atoms with E-state index in [9.17, 15) is 4.79 Å². The van der Waals surface area contributed by atoms with Gasteiger partial charge in [0, 0.05) is 12.1 Å². The Labute approximate surface area is 227 Å². The summed E-state index contributed by atoms with van der Waals surface area (Å²) in [6.07, 6.45) is 1.66. The van der Waals surface area contributed by atoms with Crippen molar-refractivity contribution in [3.63, 3.8) is 0 Å². The minimum Gasteiger partial charge on any atom is -0.494 e. The van der Waals surface area contributed by atoms with Crippen molar-refractivity contribution in [1.29, 1.82) is 0 Å². The number of para-hydroxylation sites is 1. The van der Waals surface area contributed by atoms with Gasteiger partial charge < -0.3 is 14.1 Å². The maximum atomic E-state index is 13.8. The van der Waals surface area contributed by atoms with Gasteiger partial charge in [-0.1, -0.05) is 30.3 Å². The Balaban J connectivity index is 1.69. The smallest absolute Gasteiger partial charge is 0.253 e. The third-order valence-corrected chi connectivity index (χ3v) is 6.71. The van der Waals surface area contributed by atoms with Crippen LogP contribution in [0.4, 0.5) is 0 Å². The average Bonchev–Trinajstić information content (AvgIpc) is 3.59. The first-order valence-corrected chi connectivity index (χ1v) is 13.1. The van der Waals surface area contributed by atoms with Gasteiger partial charge in [-0.15, -0.1) is 5.10 Å². The van der Waals surface area contributed by atoms with E-state index in [1.807, 2.05) is 95.3 Å². The summed E-state index contributed by atoms with van der Waals surface area (Å²) in [5.41, 5.74) is 2.86. The summed E-state index contributed by atoms with van der Waals surface area (Å²) in [6, 6.07) is 19.2. The Morgan fingerprint density at radius 2 is 1.87 bits per heavy atom. The summed E-state index contributed by atoms with van der Waals surface area (Å²) in [7, 11) is 0. The Morgan fingerprint density at radius 3 is 2.56 bits per heavy atom. The van der Waals surface area contributed by atoms with Crippen LogP contribution in [0.2, 0.25) is 0 Å². The van der Waals surface area contributed by atoms with Crippen LogP contribution in [0.15, 0.2) is 76.1 Å². The van der Waals surface area contributed by atoms with Crippen molar-refractivity contribution in [2.75, 3.05) is 6.61 Å². The number of furan rings is 1. The topological polar surface area (TPSA) is 102 Å². The maximum absolute atomic E-state index is 13.8. The number of benzene rings is 2. The molecule has 0 aliphatic carbocycles. The molecule has 5 aromatic rings. The lowest BCUT2D eigenvalue weighted by Gasteiger charge is -2.32. The number of rotatable bonds is 9. The molecule has 5 rings (SSSR count). The van der Waals surface area contributed by atoms with Gasteiger partial charge in [0.2, 0.25) is 0 Å². The molecule has 3 heterocycles. The lowest BCUT2D eigenvalue weighted by molar-refractivity contribution is 0.171. The van der Waals surface area contributed by atoms with Gasteiger partial charge in [-0.25, -0.2) is 4.68 Å². The van der Waals surface area contributed by atoms with E-state index in [-0.39, 0.29) is 5.56 Å². The van der Waals surface area contributed by atoms with Gasteiger partial charge in [-0.05, 0) is 91.9 Å². The predicted octanol–water partition coefficient (Wildman–Crippen LogP) is 5.36. The Hall–Kier alpha value is -4.24. The van der Waals surface area contributed by atoms with Gasteiger partial charge >= 0.3 is 0 Å². The second kappa shape index (κ2) is 10.9. The van der Waals surface area contributed by atoms with E-state index in [0.29, 0.717) is 31.1 Å². The summed E-state index contributed by atoms with van der Waals surface area (Å²) in [5.74, 6) is 2.17. The highest BCUT2D eigenvalue weighted by Crippen LogP contribution is 2.32. The van der Waals surface area contributed by atoms with Gasteiger partial charge in [0.25, 0.3) is 5.56 Å². The molecule has 9 heteroatoms. The molecule has 1 atom stereocenters.